The molecule has 1 fully saturated rings. The Morgan fingerprint density at radius 3 is 2.46 bits per heavy atom. The molecule has 2 aromatic carbocycles. The molecule has 2 aromatic heterocycles. The summed E-state index contributed by atoms with van der Waals surface area (Å²) in [7, 11) is -2.17. The van der Waals surface area contributed by atoms with Crippen molar-refractivity contribution >= 4 is 20.9 Å². The molecule has 0 saturated carbocycles. The highest BCUT2D eigenvalue weighted by Crippen LogP contribution is 2.34. The van der Waals surface area contributed by atoms with Crippen molar-refractivity contribution < 1.29 is 12.8 Å². The molecule has 196 valence electrons. The van der Waals surface area contributed by atoms with E-state index in [0.717, 1.165) is 34.3 Å². The number of nitrogens with zero attached hydrogens (tertiary/aromatic N) is 7. The van der Waals surface area contributed by atoms with Crippen LogP contribution in [0.15, 0.2) is 47.6 Å². The van der Waals surface area contributed by atoms with Crippen molar-refractivity contribution in [2.45, 2.75) is 38.8 Å². The van der Waals surface area contributed by atoms with Crippen molar-refractivity contribution in [2.24, 2.45) is 13.0 Å². The minimum Gasteiger partial charge on any atom is -0.293 e. The molecule has 0 spiro atoms. The van der Waals surface area contributed by atoms with Crippen LogP contribution in [0.5, 0.6) is 0 Å². The normalized spacial score (nSPS) is 17.8. The highest BCUT2D eigenvalue weighted by molar-refractivity contribution is 7.89. The maximum absolute atomic E-state index is 13.6. The van der Waals surface area contributed by atoms with Crippen LogP contribution in [0.3, 0.4) is 0 Å². The standard InChI is InChI=1S/C26H32FN7O2S/c1-17(2)15-32-10-11-33(37(35,36)26-19(4)29-31(5)30-26)16-25(32)23-13-20-14-28-34(24(20)12-18(23)3)22-8-6-21(27)7-9-22/h6-9,12-14,17,25H,10-11,15-16H2,1-5H3/t25-/m1/s1. The van der Waals surface area contributed by atoms with Gasteiger partial charge in [0.05, 0.1) is 17.4 Å². The van der Waals surface area contributed by atoms with E-state index in [1.807, 2.05) is 6.92 Å². The van der Waals surface area contributed by atoms with Crippen molar-refractivity contribution in [3.63, 3.8) is 0 Å². The van der Waals surface area contributed by atoms with E-state index < -0.39 is 10.0 Å². The molecule has 4 aromatic rings. The van der Waals surface area contributed by atoms with Gasteiger partial charge in [-0.05, 0) is 67.3 Å². The van der Waals surface area contributed by atoms with E-state index >= 15 is 0 Å². The third-order valence-corrected chi connectivity index (χ3v) is 8.74. The summed E-state index contributed by atoms with van der Waals surface area (Å²) in [5.41, 5.74) is 4.21. The van der Waals surface area contributed by atoms with Crippen molar-refractivity contribution in [1.82, 2.24) is 34.0 Å². The first-order valence-electron chi connectivity index (χ1n) is 12.4. The average Bonchev–Trinajstić information content (AvgIpc) is 3.41. The molecule has 1 atom stereocenters. The number of fused-ring (bicyclic) bond motifs is 1. The van der Waals surface area contributed by atoms with E-state index in [1.165, 1.54) is 21.2 Å². The van der Waals surface area contributed by atoms with Crippen LogP contribution in [0.4, 0.5) is 4.39 Å². The Labute approximate surface area is 216 Å². The largest absolute Gasteiger partial charge is 0.293 e. The Bertz CT molecular complexity index is 1540. The molecule has 0 bridgehead atoms. The summed E-state index contributed by atoms with van der Waals surface area (Å²) < 4.78 is 43.9. The molecule has 37 heavy (non-hydrogen) atoms. The van der Waals surface area contributed by atoms with Crippen LogP contribution in [0.2, 0.25) is 0 Å². The van der Waals surface area contributed by atoms with Crippen molar-refractivity contribution in [3.05, 3.63) is 65.2 Å². The molecule has 0 radical (unpaired) electrons. The van der Waals surface area contributed by atoms with Gasteiger partial charge in [0, 0.05) is 44.7 Å². The second kappa shape index (κ2) is 9.62. The second-order valence-electron chi connectivity index (χ2n) is 10.1. The van der Waals surface area contributed by atoms with Gasteiger partial charge < -0.3 is 0 Å². The van der Waals surface area contributed by atoms with Gasteiger partial charge in [-0.1, -0.05) is 13.8 Å². The fraction of sp³-hybridized carbons (Fsp3) is 0.423. The van der Waals surface area contributed by atoms with Crippen molar-refractivity contribution in [3.8, 4) is 5.69 Å². The molecule has 1 aliphatic rings. The maximum Gasteiger partial charge on any atom is 0.264 e. The van der Waals surface area contributed by atoms with Gasteiger partial charge in [-0.25, -0.2) is 17.5 Å². The van der Waals surface area contributed by atoms with Gasteiger partial charge in [0.2, 0.25) is 5.03 Å². The molecular weight excluding hydrogens is 493 g/mol. The minimum absolute atomic E-state index is 0.0128. The number of rotatable bonds is 6. The zero-order valence-electron chi connectivity index (χ0n) is 21.8. The summed E-state index contributed by atoms with van der Waals surface area (Å²) in [4.78, 5) is 3.67. The summed E-state index contributed by atoms with van der Waals surface area (Å²) in [6.07, 6.45) is 1.80. The van der Waals surface area contributed by atoms with E-state index in [-0.39, 0.29) is 16.9 Å². The average molecular weight is 526 g/mol. The molecule has 11 heteroatoms. The third-order valence-electron chi connectivity index (χ3n) is 6.86. The SMILES string of the molecule is Cc1cc2c(cnn2-c2ccc(F)cc2)cc1[C@H]1CN(S(=O)(=O)c2nn(C)nc2C)CCN1CC(C)C. The van der Waals surface area contributed by atoms with Gasteiger partial charge in [0.25, 0.3) is 10.0 Å². The first-order chi connectivity index (χ1) is 17.5. The lowest BCUT2D eigenvalue weighted by molar-refractivity contribution is 0.105. The Morgan fingerprint density at radius 1 is 1.08 bits per heavy atom. The smallest absolute Gasteiger partial charge is 0.264 e. The fourth-order valence-electron chi connectivity index (χ4n) is 5.19. The monoisotopic (exact) mass is 525 g/mol. The Balaban J connectivity index is 1.54. The van der Waals surface area contributed by atoms with Crippen molar-refractivity contribution in [1.29, 1.82) is 0 Å². The number of aromatic nitrogens is 5. The van der Waals surface area contributed by atoms with Crippen LogP contribution >= 0.6 is 0 Å². The summed E-state index contributed by atoms with van der Waals surface area (Å²) in [5, 5.41) is 13.8. The predicted molar refractivity (Wildman–Crippen MR) is 139 cm³/mol. The molecule has 0 unspecified atom stereocenters. The number of sulfonamides is 1. The predicted octanol–water partition coefficient (Wildman–Crippen LogP) is 3.61. The summed E-state index contributed by atoms with van der Waals surface area (Å²) >= 11 is 0. The molecule has 0 aliphatic carbocycles. The third kappa shape index (κ3) is 4.78. The number of benzene rings is 2. The number of piperazine rings is 1. The molecule has 3 heterocycles. The van der Waals surface area contributed by atoms with Gasteiger partial charge in [0.1, 0.15) is 11.5 Å². The Hall–Kier alpha value is -3.15. The van der Waals surface area contributed by atoms with Gasteiger partial charge in [-0.15, -0.1) is 5.10 Å². The summed E-state index contributed by atoms with van der Waals surface area (Å²) in [5.74, 6) is 0.135. The maximum atomic E-state index is 13.6. The number of hydrogen-bond acceptors (Lipinski definition) is 6. The van der Waals surface area contributed by atoms with Gasteiger partial charge in [-0.3, -0.25) is 4.90 Å². The van der Waals surface area contributed by atoms with Gasteiger partial charge >= 0.3 is 0 Å². The van der Waals surface area contributed by atoms with E-state index in [9.17, 15) is 12.8 Å². The lowest BCUT2D eigenvalue weighted by atomic mass is 9.96. The summed E-state index contributed by atoms with van der Waals surface area (Å²) in [6, 6.07) is 10.3. The highest BCUT2D eigenvalue weighted by atomic mass is 32.2. The second-order valence-corrected chi connectivity index (χ2v) is 12.0. The number of halogens is 1. The number of hydrogen-bond donors (Lipinski definition) is 0. The van der Waals surface area contributed by atoms with E-state index in [2.05, 4.69) is 46.2 Å². The lowest BCUT2D eigenvalue weighted by Gasteiger charge is -2.42. The van der Waals surface area contributed by atoms with Gasteiger partial charge in [0.15, 0.2) is 0 Å². The van der Waals surface area contributed by atoms with Crippen LogP contribution in [0, 0.1) is 25.6 Å². The molecule has 0 amide bonds. The molecule has 0 N–H and O–H groups in total. The molecule has 9 nitrogen and oxygen atoms in total. The fourth-order valence-corrected chi connectivity index (χ4v) is 6.73. The van der Waals surface area contributed by atoms with E-state index in [4.69, 9.17) is 0 Å². The molecule has 5 rings (SSSR count). The van der Waals surface area contributed by atoms with Crippen LogP contribution < -0.4 is 0 Å². The topological polar surface area (TPSA) is 89.2 Å². The van der Waals surface area contributed by atoms with Crippen molar-refractivity contribution in [2.75, 3.05) is 26.2 Å². The van der Waals surface area contributed by atoms with E-state index in [1.54, 1.807) is 37.0 Å². The molecule has 1 saturated heterocycles. The Morgan fingerprint density at radius 2 is 1.81 bits per heavy atom. The molecular formula is C26H32FN7O2S. The van der Waals surface area contributed by atoms with Crippen LogP contribution in [-0.2, 0) is 17.1 Å². The highest BCUT2D eigenvalue weighted by Gasteiger charge is 2.38. The zero-order chi connectivity index (χ0) is 26.5. The molecule has 1 aliphatic heterocycles. The van der Waals surface area contributed by atoms with Crippen LogP contribution in [-0.4, -0.2) is 68.6 Å². The Kier molecular flexibility index (Phi) is 6.63. The van der Waals surface area contributed by atoms with E-state index in [0.29, 0.717) is 31.2 Å². The first kappa shape index (κ1) is 25.5. The van der Waals surface area contributed by atoms with Crippen LogP contribution in [0.25, 0.3) is 16.6 Å². The minimum atomic E-state index is -3.79. The lowest BCUT2D eigenvalue weighted by Crippen LogP contribution is -2.51. The van der Waals surface area contributed by atoms with Crippen LogP contribution in [0.1, 0.15) is 36.7 Å². The quantitative estimate of drug-likeness (QED) is 0.382. The van der Waals surface area contributed by atoms with Gasteiger partial charge in [-0.2, -0.15) is 19.3 Å². The number of aryl methyl sites for hydroxylation is 3. The zero-order valence-corrected chi connectivity index (χ0v) is 22.6. The first-order valence-corrected chi connectivity index (χ1v) is 13.8. The summed E-state index contributed by atoms with van der Waals surface area (Å²) in [6.45, 7) is 10.3.